The van der Waals surface area contributed by atoms with E-state index in [0.29, 0.717) is 26.2 Å². The van der Waals surface area contributed by atoms with Crippen molar-refractivity contribution in [2.45, 2.75) is 6.92 Å². The largest absolute Gasteiger partial charge is 0.321 e. The third-order valence-corrected chi connectivity index (χ3v) is 5.53. The molecule has 1 heterocycles. The zero-order valence-corrected chi connectivity index (χ0v) is 17.9. The predicted octanol–water partition coefficient (Wildman–Crippen LogP) is 5.57. The van der Waals surface area contributed by atoms with E-state index >= 15 is 0 Å². The van der Waals surface area contributed by atoms with Crippen LogP contribution in [0.4, 0.5) is 5.69 Å². The van der Waals surface area contributed by atoms with Gasteiger partial charge in [-0.2, -0.15) is 5.10 Å². The average molecular weight is 477 g/mol. The molecule has 1 aromatic heterocycles. The highest BCUT2D eigenvalue weighted by Gasteiger charge is 2.10. The molecule has 0 saturated heterocycles. The second kappa shape index (κ2) is 9.14. The van der Waals surface area contributed by atoms with Gasteiger partial charge in [-0.25, -0.2) is 5.43 Å². The fraction of sp³-hybridized carbons (Fsp3) is 0.0500. The summed E-state index contributed by atoms with van der Waals surface area (Å²) in [6.45, 7) is 1.78. The molecule has 28 heavy (non-hydrogen) atoms. The summed E-state index contributed by atoms with van der Waals surface area (Å²) in [7, 11) is 0. The second-order valence-corrected chi connectivity index (χ2v) is 8.41. The Labute approximate surface area is 179 Å². The Hall–Kier alpha value is -2.48. The lowest BCUT2D eigenvalue weighted by molar-refractivity contribution is 0.0954. The standard InChI is InChI=1S/C20H15BrClN3O2S/c1-12(24-25-19(26)13-5-7-15(21)8-6-13)14-3-2-4-16(11-14)23-20(27)17-9-10-18(22)28-17/h2-11H,1H3,(H,23,27)(H,25,26)/b24-12-. The fourth-order valence-electron chi connectivity index (χ4n) is 2.32. The molecule has 2 N–H and O–H groups in total. The maximum Gasteiger partial charge on any atom is 0.271 e. The lowest BCUT2D eigenvalue weighted by atomic mass is 10.1. The van der Waals surface area contributed by atoms with Gasteiger partial charge in [-0.05, 0) is 61.0 Å². The van der Waals surface area contributed by atoms with Crippen LogP contribution in [-0.4, -0.2) is 17.5 Å². The van der Waals surface area contributed by atoms with Gasteiger partial charge in [-0.15, -0.1) is 11.3 Å². The van der Waals surface area contributed by atoms with Crippen LogP contribution in [0.3, 0.4) is 0 Å². The van der Waals surface area contributed by atoms with E-state index in [1.165, 1.54) is 11.3 Å². The summed E-state index contributed by atoms with van der Waals surface area (Å²) >= 11 is 10.4. The zero-order chi connectivity index (χ0) is 20.1. The van der Waals surface area contributed by atoms with Gasteiger partial charge in [0.2, 0.25) is 0 Å². The van der Waals surface area contributed by atoms with E-state index in [0.717, 1.165) is 10.0 Å². The highest BCUT2D eigenvalue weighted by Crippen LogP contribution is 2.22. The highest BCUT2D eigenvalue weighted by atomic mass is 79.9. The van der Waals surface area contributed by atoms with Crippen molar-refractivity contribution < 1.29 is 9.59 Å². The summed E-state index contributed by atoms with van der Waals surface area (Å²) in [4.78, 5) is 24.9. The van der Waals surface area contributed by atoms with Crippen molar-refractivity contribution in [3.8, 4) is 0 Å². The van der Waals surface area contributed by atoms with Crippen molar-refractivity contribution >= 4 is 62.1 Å². The smallest absolute Gasteiger partial charge is 0.271 e. The van der Waals surface area contributed by atoms with Crippen LogP contribution in [0.25, 0.3) is 0 Å². The topological polar surface area (TPSA) is 70.6 Å². The molecule has 0 fully saturated rings. The number of carbonyl (C=O) groups excluding carboxylic acids is 2. The fourth-order valence-corrected chi connectivity index (χ4v) is 3.52. The molecule has 3 rings (SSSR count). The van der Waals surface area contributed by atoms with Crippen molar-refractivity contribution in [3.63, 3.8) is 0 Å². The number of carbonyl (C=O) groups is 2. The number of rotatable bonds is 5. The van der Waals surface area contributed by atoms with Crippen molar-refractivity contribution in [1.29, 1.82) is 0 Å². The SMILES string of the molecule is C/C(=N/NC(=O)c1ccc(Br)cc1)c1cccc(NC(=O)c2ccc(Cl)s2)c1. The second-order valence-electron chi connectivity index (χ2n) is 5.78. The molecule has 0 radical (unpaired) electrons. The van der Waals surface area contributed by atoms with Gasteiger partial charge in [0, 0.05) is 15.7 Å². The molecule has 8 heteroatoms. The quantitative estimate of drug-likeness (QED) is 0.373. The minimum absolute atomic E-state index is 0.229. The number of nitrogens with zero attached hydrogens (tertiary/aromatic N) is 1. The third kappa shape index (κ3) is 5.28. The normalized spacial score (nSPS) is 11.2. The molecule has 0 saturated carbocycles. The summed E-state index contributed by atoms with van der Waals surface area (Å²) < 4.78 is 1.45. The number of nitrogens with one attached hydrogen (secondary N) is 2. The maximum atomic E-state index is 12.3. The number of hydrogen-bond donors (Lipinski definition) is 2. The first kappa shape index (κ1) is 20.3. The number of hydrazone groups is 1. The molecule has 0 bridgehead atoms. The Morgan fingerprint density at radius 1 is 1.00 bits per heavy atom. The molecule has 0 unspecified atom stereocenters. The van der Waals surface area contributed by atoms with Crippen molar-refractivity contribution in [1.82, 2.24) is 5.43 Å². The number of thiophene rings is 1. The molecule has 142 valence electrons. The molecule has 0 aliphatic carbocycles. The molecule has 0 aliphatic heterocycles. The van der Waals surface area contributed by atoms with Crippen molar-refractivity contribution in [2.75, 3.05) is 5.32 Å². The Kier molecular flexibility index (Phi) is 6.61. The van der Waals surface area contributed by atoms with Crippen LogP contribution in [0.15, 0.2) is 70.2 Å². The molecule has 0 spiro atoms. The third-order valence-electron chi connectivity index (χ3n) is 3.77. The van der Waals surface area contributed by atoms with E-state index in [1.54, 1.807) is 55.5 Å². The summed E-state index contributed by atoms with van der Waals surface area (Å²) in [5, 5.41) is 6.98. The van der Waals surface area contributed by atoms with Crippen LogP contribution in [0.2, 0.25) is 4.34 Å². The maximum absolute atomic E-state index is 12.3. The first-order valence-electron chi connectivity index (χ1n) is 8.20. The van der Waals surface area contributed by atoms with Gasteiger partial charge in [0.25, 0.3) is 11.8 Å². The summed E-state index contributed by atoms with van der Waals surface area (Å²) in [5.74, 6) is -0.530. The van der Waals surface area contributed by atoms with Crippen LogP contribution < -0.4 is 10.7 Å². The lowest BCUT2D eigenvalue weighted by Crippen LogP contribution is -2.19. The predicted molar refractivity (Wildman–Crippen MR) is 118 cm³/mol. The minimum Gasteiger partial charge on any atom is -0.321 e. The number of amides is 2. The van der Waals surface area contributed by atoms with Crippen LogP contribution in [0.5, 0.6) is 0 Å². The van der Waals surface area contributed by atoms with Crippen LogP contribution in [-0.2, 0) is 0 Å². The first-order valence-corrected chi connectivity index (χ1v) is 10.2. The van der Waals surface area contributed by atoms with Crippen LogP contribution in [0.1, 0.15) is 32.5 Å². The number of anilines is 1. The molecule has 5 nitrogen and oxygen atoms in total. The molecule has 0 aliphatic rings. The van der Waals surface area contributed by atoms with Crippen LogP contribution >= 0.6 is 38.9 Å². The lowest BCUT2D eigenvalue weighted by Gasteiger charge is -2.07. The summed E-state index contributed by atoms with van der Waals surface area (Å²) in [6.07, 6.45) is 0. The summed E-state index contributed by atoms with van der Waals surface area (Å²) in [5.41, 5.74) is 5.06. The Balaban J connectivity index is 1.68. The minimum atomic E-state index is -0.300. The summed E-state index contributed by atoms with van der Waals surface area (Å²) in [6, 6.07) is 17.6. The van der Waals surface area contributed by atoms with Gasteiger partial charge >= 0.3 is 0 Å². The Morgan fingerprint density at radius 2 is 1.75 bits per heavy atom. The Morgan fingerprint density at radius 3 is 2.43 bits per heavy atom. The van der Waals surface area contributed by atoms with Crippen molar-refractivity contribution in [2.24, 2.45) is 5.10 Å². The van der Waals surface area contributed by atoms with E-state index in [-0.39, 0.29) is 11.8 Å². The Bertz CT molecular complexity index is 1050. The molecule has 0 atom stereocenters. The highest BCUT2D eigenvalue weighted by molar-refractivity contribution is 9.10. The molecular formula is C20H15BrClN3O2S. The first-order chi connectivity index (χ1) is 13.4. The van der Waals surface area contributed by atoms with Gasteiger partial charge in [-0.3, -0.25) is 9.59 Å². The molecular weight excluding hydrogens is 462 g/mol. The van der Waals surface area contributed by atoms with E-state index in [2.05, 4.69) is 31.8 Å². The van der Waals surface area contributed by atoms with E-state index in [4.69, 9.17) is 11.6 Å². The van der Waals surface area contributed by atoms with Gasteiger partial charge in [0.1, 0.15) is 0 Å². The van der Waals surface area contributed by atoms with Gasteiger partial charge in [0.15, 0.2) is 0 Å². The number of benzene rings is 2. The zero-order valence-electron chi connectivity index (χ0n) is 14.7. The number of halogens is 2. The van der Waals surface area contributed by atoms with Crippen LogP contribution in [0, 0.1) is 0 Å². The van der Waals surface area contributed by atoms with Gasteiger partial charge in [-0.1, -0.05) is 39.7 Å². The van der Waals surface area contributed by atoms with Gasteiger partial charge in [0.05, 0.1) is 14.9 Å². The molecule has 2 aromatic carbocycles. The average Bonchev–Trinajstić information content (AvgIpc) is 3.13. The van der Waals surface area contributed by atoms with E-state index in [9.17, 15) is 9.59 Å². The molecule has 3 aromatic rings. The van der Waals surface area contributed by atoms with Crippen molar-refractivity contribution in [3.05, 3.63) is 85.5 Å². The van der Waals surface area contributed by atoms with E-state index < -0.39 is 0 Å². The number of hydrogen-bond acceptors (Lipinski definition) is 4. The van der Waals surface area contributed by atoms with E-state index in [1.807, 2.05) is 12.1 Å². The molecule has 2 amide bonds. The monoisotopic (exact) mass is 475 g/mol. The van der Waals surface area contributed by atoms with Gasteiger partial charge < -0.3 is 5.32 Å².